The molecule has 2 aromatic rings. The average Bonchev–Trinajstić information content (AvgIpc) is 3.85. The number of hydrogen-bond acceptors (Lipinski definition) is 9. The van der Waals surface area contributed by atoms with Gasteiger partial charge in [0.05, 0.1) is 23.1 Å². The normalized spacial score (nSPS) is 15.4. The largest absolute Gasteiger partial charge is 0.490 e. The highest BCUT2D eigenvalue weighted by Gasteiger charge is 2.47. The molecule has 1 aliphatic rings. The maximum atomic E-state index is 14.3. The first-order valence-electron chi connectivity index (χ1n) is 16.0. The van der Waals surface area contributed by atoms with Gasteiger partial charge in [-0.2, -0.15) is 13.2 Å². The van der Waals surface area contributed by atoms with Crippen molar-refractivity contribution in [1.29, 1.82) is 0 Å². The molecule has 0 spiro atoms. The maximum absolute atomic E-state index is 14.3. The third-order valence-corrected chi connectivity index (χ3v) is 10.2. The van der Waals surface area contributed by atoms with E-state index in [4.69, 9.17) is 15.2 Å². The lowest BCUT2D eigenvalue weighted by molar-refractivity contribution is -0.207. The zero-order chi connectivity index (χ0) is 36.4. The number of halogens is 5. The Labute approximate surface area is 282 Å². The van der Waals surface area contributed by atoms with Crippen molar-refractivity contribution in [2.24, 2.45) is 5.73 Å². The Kier molecular flexibility index (Phi) is 14.5. The van der Waals surface area contributed by atoms with Crippen LogP contribution in [0.5, 0.6) is 0 Å². The summed E-state index contributed by atoms with van der Waals surface area (Å²) < 4.78 is 106. The monoisotopic (exact) mass is 719 g/mol. The lowest BCUT2D eigenvalue weighted by Gasteiger charge is -2.36. The Morgan fingerprint density at radius 3 is 2.10 bits per heavy atom. The molecule has 1 unspecified atom stereocenters. The van der Waals surface area contributed by atoms with Crippen molar-refractivity contribution in [2.45, 2.75) is 101 Å². The summed E-state index contributed by atoms with van der Waals surface area (Å²) in [4.78, 5) is 40.4. The maximum Gasteiger partial charge on any atom is 0.490 e. The van der Waals surface area contributed by atoms with Gasteiger partial charge in [0.15, 0.2) is 9.84 Å². The number of benzene rings is 2. The van der Waals surface area contributed by atoms with Crippen LogP contribution in [0.25, 0.3) is 0 Å². The summed E-state index contributed by atoms with van der Waals surface area (Å²) in [5.41, 5.74) is 6.40. The fraction of sp³-hybridized carbons (Fsp3) is 0.545. The lowest BCUT2D eigenvalue weighted by Crippen LogP contribution is -2.60. The van der Waals surface area contributed by atoms with E-state index in [0.717, 1.165) is 12.1 Å². The SMILES string of the molecule is CCCC(CCC)S(=O)(=O)CC(N)C(=O)N(C(=O)OCc1ccccc1)[C@@H](Cc1cc(F)cc(F)c1)[C@@H](CNC1CC1)OC(=O)C(F)(F)F. The molecule has 1 aliphatic carbocycles. The van der Waals surface area contributed by atoms with Crippen LogP contribution in [-0.2, 0) is 41.9 Å². The van der Waals surface area contributed by atoms with Crippen molar-refractivity contribution in [3.8, 4) is 0 Å². The van der Waals surface area contributed by atoms with E-state index in [2.05, 4.69) is 5.32 Å². The summed E-state index contributed by atoms with van der Waals surface area (Å²) in [6.07, 6.45) is -6.78. The lowest BCUT2D eigenvalue weighted by atomic mass is 9.98. The number of nitrogens with zero attached hydrogens (tertiary/aromatic N) is 1. The van der Waals surface area contributed by atoms with Crippen molar-refractivity contribution < 1.29 is 54.2 Å². The summed E-state index contributed by atoms with van der Waals surface area (Å²) in [6.45, 7) is 2.62. The van der Waals surface area contributed by atoms with Crippen molar-refractivity contribution in [1.82, 2.24) is 10.2 Å². The highest BCUT2D eigenvalue weighted by molar-refractivity contribution is 7.92. The second-order valence-electron chi connectivity index (χ2n) is 12.1. The van der Waals surface area contributed by atoms with Crippen LogP contribution in [0, 0.1) is 11.6 Å². The Hall–Kier alpha value is -3.63. The van der Waals surface area contributed by atoms with Crippen molar-refractivity contribution in [3.05, 3.63) is 71.3 Å². The predicted octanol–water partition coefficient (Wildman–Crippen LogP) is 4.98. The molecule has 2 amide bonds. The van der Waals surface area contributed by atoms with Crippen LogP contribution in [-0.4, -0.2) is 79.2 Å². The topological polar surface area (TPSA) is 145 Å². The van der Waals surface area contributed by atoms with Gasteiger partial charge in [-0.25, -0.2) is 31.7 Å². The molecule has 10 nitrogen and oxygen atoms in total. The summed E-state index contributed by atoms with van der Waals surface area (Å²) in [6, 6.07) is 6.32. The standard InChI is InChI=1S/C33H42F5N3O7S/c1-3-8-26(9-4-2)49(45,46)20-27(39)30(42)41(32(44)47-19-21-10-6-5-7-11-21)28(16-22-14-23(34)17-24(35)15-22)29(18-40-25-12-13-25)48-31(43)33(36,37)38/h5-7,10-11,14-15,17,25-29,40H,3-4,8-9,12-13,16,18-20,39H2,1-2H3/t27?,28-,29+/m0/s1. The number of esters is 1. The van der Waals surface area contributed by atoms with E-state index in [0.29, 0.717) is 42.2 Å². The number of rotatable bonds is 18. The minimum absolute atomic E-state index is 0.171. The molecule has 0 aliphatic heterocycles. The van der Waals surface area contributed by atoms with Crippen LogP contribution in [0.1, 0.15) is 63.5 Å². The zero-order valence-electron chi connectivity index (χ0n) is 27.3. The Morgan fingerprint density at radius 1 is 0.980 bits per heavy atom. The fourth-order valence-electron chi connectivity index (χ4n) is 5.35. The number of carbonyl (C=O) groups excluding carboxylic acids is 3. The smallest absolute Gasteiger partial charge is 0.452 e. The third-order valence-electron chi connectivity index (χ3n) is 7.90. The first kappa shape index (κ1) is 39.8. The molecule has 2 aromatic carbocycles. The average molecular weight is 720 g/mol. The second-order valence-corrected chi connectivity index (χ2v) is 14.4. The zero-order valence-corrected chi connectivity index (χ0v) is 28.1. The number of carbonyl (C=O) groups is 3. The number of ether oxygens (including phenoxy) is 2. The molecule has 1 fully saturated rings. The first-order chi connectivity index (χ1) is 23.0. The van der Waals surface area contributed by atoms with Gasteiger partial charge in [-0.15, -0.1) is 0 Å². The van der Waals surface area contributed by atoms with E-state index in [1.54, 1.807) is 44.2 Å². The van der Waals surface area contributed by atoms with Gasteiger partial charge >= 0.3 is 18.2 Å². The van der Waals surface area contributed by atoms with Crippen LogP contribution in [0.3, 0.4) is 0 Å². The van der Waals surface area contributed by atoms with Crippen LogP contribution < -0.4 is 11.1 Å². The van der Waals surface area contributed by atoms with Gasteiger partial charge < -0.3 is 20.5 Å². The molecule has 1 saturated carbocycles. The van der Waals surface area contributed by atoms with Gasteiger partial charge in [0.2, 0.25) is 5.91 Å². The number of imide groups is 1. The fourth-order valence-corrected chi connectivity index (χ4v) is 7.46. The van der Waals surface area contributed by atoms with Crippen LogP contribution >= 0.6 is 0 Å². The second kappa shape index (κ2) is 17.9. The quantitative estimate of drug-likeness (QED) is 0.161. The molecular weight excluding hydrogens is 677 g/mol. The van der Waals surface area contributed by atoms with E-state index < -0.39 is 94.4 Å². The van der Waals surface area contributed by atoms with E-state index >= 15 is 0 Å². The minimum atomic E-state index is -5.49. The van der Waals surface area contributed by atoms with Crippen LogP contribution in [0.4, 0.5) is 26.7 Å². The van der Waals surface area contributed by atoms with E-state index in [9.17, 15) is 44.8 Å². The van der Waals surface area contributed by atoms with Gasteiger partial charge in [-0.1, -0.05) is 57.0 Å². The number of alkyl halides is 3. The summed E-state index contributed by atoms with van der Waals surface area (Å²) in [5.74, 6) is -7.08. The van der Waals surface area contributed by atoms with Crippen LogP contribution in [0.2, 0.25) is 0 Å². The van der Waals surface area contributed by atoms with E-state index in [1.807, 2.05) is 0 Å². The number of hydrogen-bond donors (Lipinski definition) is 2. The Bertz CT molecular complexity index is 1500. The molecule has 3 N–H and O–H groups in total. The van der Waals surface area contributed by atoms with Gasteiger partial charge in [0.25, 0.3) is 0 Å². The molecule has 3 atom stereocenters. The molecule has 0 bridgehead atoms. The van der Waals surface area contributed by atoms with Gasteiger partial charge in [0.1, 0.15) is 24.3 Å². The Morgan fingerprint density at radius 2 is 1.57 bits per heavy atom. The summed E-state index contributed by atoms with van der Waals surface area (Å²) in [7, 11) is -4.04. The molecule has 0 aromatic heterocycles. The highest BCUT2D eigenvalue weighted by Crippen LogP contribution is 2.26. The van der Waals surface area contributed by atoms with Gasteiger partial charge in [-0.05, 0) is 55.4 Å². The molecule has 16 heteroatoms. The van der Waals surface area contributed by atoms with E-state index in [-0.39, 0.29) is 24.4 Å². The molecular formula is C33H42F5N3O7S. The molecule has 0 heterocycles. The summed E-state index contributed by atoms with van der Waals surface area (Å²) >= 11 is 0. The van der Waals surface area contributed by atoms with Crippen molar-refractivity contribution in [3.63, 3.8) is 0 Å². The number of sulfone groups is 1. The molecule has 3 rings (SSSR count). The third kappa shape index (κ3) is 12.3. The van der Waals surface area contributed by atoms with Crippen molar-refractivity contribution in [2.75, 3.05) is 12.3 Å². The first-order valence-corrected chi connectivity index (χ1v) is 17.7. The van der Waals surface area contributed by atoms with Gasteiger partial charge in [-0.3, -0.25) is 4.79 Å². The molecule has 49 heavy (non-hydrogen) atoms. The molecule has 0 saturated heterocycles. The number of nitrogens with one attached hydrogen (secondary N) is 1. The van der Waals surface area contributed by atoms with Crippen LogP contribution in [0.15, 0.2) is 48.5 Å². The predicted molar refractivity (Wildman–Crippen MR) is 170 cm³/mol. The minimum Gasteiger partial charge on any atom is -0.452 e. The Balaban J connectivity index is 2.12. The molecule has 0 radical (unpaired) electrons. The van der Waals surface area contributed by atoms with E-state index in [1.165, 1.54) is 0 Å². The number of amides is 2. The summed E-state index contributed by atoms with van der Waals surface area (Å²) in [5, 5.41) is 2.04. The number of nitrogens with two attached hydrogens (primary N) is 1. The van der Waals surface area contributed by atoms with Crippen molar-refractivity contribution >= 4 is 27.8 Å². The highest BCUT2D eigenvalue weighted by atomic mass is 32.2. The molecule has 272 valence electrons. The van der Waals surface area contributed by atoms with Gasteiger partial charge in [0, 0.05) is 18.7 Å².